The molecular weight excluding hydrogens is 407 g/mol. The number of fused-ring (bicyclic) bond motifs is 1. The number of carbonyl (C=O) groups excluding carboxylic acids is 1. The largest absolute Gasteiger partial charge is 0.492 e. The normalized spacial score (nSPS) is 12.9. The summed E-state index contributed by atoms with van der Waals surface area (Å²) in [5, 5.41) is 0.523. The van der Waals surface area contributed by atoms with Gasteiger partial charge in [-0.3, -0.25) is 4.79 Å². The van der Waals surface area contributed by atoms with Crippen LogP contribution in [0.15, 0.2) is 39.3 Å². The Morgan fingerprint density at radius 2 is 1.85 bits per heavy atom. The van der Waals surface area contributed by atoms with Gasteiger partial charge in [-0.1, -0.05) is 43.5 Å². The molecule has 3 rings (SSSR count). The highest BCUT2D eigenvalue weighted by atomic mass is 79.9. The van der Waals surface area contributed by atoms with Crippen LogP contribution >= 0.6 is 43.5 Å². The Bertz CT molecular complexity index is 693. The highest BCUT2D eigenvalue weighted by Gasteiger charge is 2.23. The van der Waals surface area contributed by atoms with Crippen LogP contribution in [0.1, 0.15) is 21.5 Å². The molecule has 2 aromatic rings. The minimum Gasteiger partial charge on any atom is -0.492 e. The monoisotopic (exact) mass is 414 g/mol. The van der Waals surface area contributed by atoms with Gasteiger partial charge in [0.25, 0.3) is 0 Å². The molecule has 1 aliphatic heterocycles. The molecule has 0 radical (unpaired) electrons. The predicted octanol–water partition coefficient (Wildman–Crippen LogP) is 5.03. The van der Waals surface area contributed by atoms with Gasteiger partial charge in [-0.05, 0) is 35.9 Å². The van der Waals surface area contributed by atoms with Gasteiger partial charge in [0.05, 0.1) is 12.2 Å². The average Bonchev–Trinajstić information content (AvgIpc) is 2.83. The molecule has 1 heterocycles. The summed E-state index contributed by atoms with van der Waals surface area (Å²) in [6.07, 6.45) is 0.828. The summed E-state index contributed by atoms with van der Waals surface area (Å²) in [5.74, 6) is 0.599. The number of ether oxygens (including phenoxy) is 1. The lowest BCUT2D eigenvalue weighted by Gasteiger charge is -2.09. The smallest absolute Gasteiger partial charge is 0.196 e. The standard InChI is InChI=1S/C15H9Br2ClO2/c16-10-4-9(5-12(18)6-10)14(19)13-7-11(17)3-8-1-2-20-15(8)13/h3-7H,1-2H2. The minimum atomic E-state index is -0.0901. The topological polar surface area (TPSA) is 26.3 Å². The zero-order valence-electron chi connectivity index (χ0n) is 10.3. The first-order valence-electron chi connectivity index (χ1n) is 6.00. The van der Waals surface area contributed by atoms with E-state index in [1.807, 2.05) is 6.07 Å². The summed E-state index contributed by atoms with van der Waals surface area (Å²) in [6, 6.07) is 8.96. The van der Waals surface area contributed by atoms with Crippen LogP contribution in [0.5, 0.6) is 5.75 Å². The Hall–Kier alpha value is -0.840. The summed E-state index contributed by atoms with van der Waals surface area (Å²) in [5.41, 5.74) is 2.17. The molecule has 0 aromatic heterocycles. The first kappa shape index (κ1) is 14.1. The lowest BCUT2D eigenvalue weighted by atomic mass is 10.00. The Morgan fingerprint density at radius 1 is 1.10 bits per heavy atom. The van der Waals surface area contributed by atoms with Gasteiger partial charge >= 0.3 is 0 Å². The summed E-state index contributed by atoms with van der Waals surface area (Å²) in [4.78, 5) is 12.7. The van der Waals surface area contributed by atoms with Crippen LogP contribution in [0.2, 0.25) is 5.02 Å². The molecule has 5 heteroatoms. The van der Waals surface area contributed by atoms with Gasteiger partial charge in [0.2, 0.25) is 0 Å². The zero-order chi connectivity index (χ0) is 14.3. The molecule has 20 heavy (non-hydrogen) atoms. The van der Waals surface area contributed by atoms with E-state index in [4.69, 9.17) is 16.3 Å². The van der Waals surface area contributed by atoms with Gasteiger partial charge in [-0.15, -0.1) is 0 Å². The average molecular weight is 416 g/mol. The summed E-state index contributed by atoms with van der Waals surface area (Å²) in [6.45, 7) is 0.616. The second kappa shape index (κ2) is 5.51. The van der Waals surface area contributed by atoms with Crippen LogP contribution in [0.25, 0.3) is 0 Å². The van der Waals surface area contributed by atoms with Gasteiger partial charge in [0.15, 0.2) is 5.78 Å². The van der Waals surface area contributed by atoms with Crippen LogP contribution < -0.4 is 4.74 Å². The SMILES string of the molecule is O=C(c1cc(Cl)cc(Br)c1)c1cc(Br)cc2c1OCC2. The number of rotatable bonds is 2. The maximum atomic E-state index is 12.7. The quantitative estimate of drug-likeness (QED) is 0.642. The van der Waals surface area contributed by atoms with Crippen LogP contribution in [0, 0.1) is 0 Å². The molecule has 2 nitrogen and oxygen atoms in total. The van der Waals surface area contributed by atoms with Crippen molar-refractivity contribution in [3.05, 3.63) is 61.0 Å². The fourth-order valence-corrected chi connectivity index (χ4v) is 3.64. The molecule has 0 fully saturated rings. The highest BCUT2D eigenvalue weighted by molar-refractivity contribution is 9.10. The maximum absolute atomic E-state index is 12.7. The Balaban J connectivity index is 2.11. The number of benzene rings is 2. The highest BCUT2D eigenvalue weighted by Crippen LogP contribution is 2.35. The van der Waals surface area contributed by atoms with E-state index in [0.717, 1.165) is 20.9 Å². The van der Waals surface area contributed by atoms with E-state index in [0.29, 0.717) is 28.5 Å². The molecule has 0 saturated heterocycles. The zero-order valence-corrected chi connectivity index (χ0v) is 14.2. The van der Waals surface area contributed by atoms with E-state index < -0.39 is 0 Å². The third-order valence-corrected chi connectivity index (χ3v) is 4.25. The van der Waals surface area contributed by atoms with Gasteiger partial charge < -0.3 is 4.74 Å². The van der Waals surface area contributed by atoms with Crippen LogP contribution in [0.4, 0.5) is 0 Å². The number of halogens is 3. The maximum Gasteiger partial charge on any atom is 0.196 e. The number of hydrogen-bond acceptors (Lipinski definition) is 2. The fourth-order valence-electron chi connectivity index (χ4n) is 2.28. The van der Waals surface area contributed by atoms with Crippen molar-refractivity contribution in [2.45, 2.75) is 6.42 Å². The Kier molecular flexibility index (Phi) is 3.89. The van der Waals surface area contributed by atoms with Gasteiger partial charge in [-0.2, -0.15) is 0 Å². The minimum absolute atomic E-state index is 0.0901. The number of hydrogen-bond donors (Lipinski definition) is 0. The van der Waals surface area contributed by atoms with E-state index in [-0.39, 0.29) is 5.78 Å². The molecule has 0 amide bonds. The van der Waals surface area contributed by atoms with Crippen molar-refractivity contribution >= 4 is 49.2 Å². The van der Waals surface area contributed by atoms with Crippen molar-refractivity contribution in [3.8, 4) is 5.75 Å². The van der Waals surface area contributed by atoms with Crippen molar-refractivity contribution in [2.75, 3.05) is 6.61 Å². The van der Waals surface area contributed by atoms with E-state index in [2.05, 4.69) is 31.9 Å². The Labute approximate surface area is 138 Å². The number of ketones is 1. The lowest BCUT2D eigenvalue weighted by Crippen LogP contribution is -2.04. The summed E-state index contributed by atoms with van der Waals surface area (Å²) >= 11 is 12.8. The van der Waals surface area contributed by atoms with Gasteiger partial charge in [0, 0.05) is 26.0 Å². The third-order valence-electron chi connectivity index (χ3n) is 3.12. The second-order valence-electron chi connectivity index (χ2n) is 4.53. The van der Waals surface area contributed by atoms with E-state index in [1.54, 1.807) is 24.3 Å². The molecule has 0 aliphatic carbocycles. The van der Waals surface area contributed by atoms with Crippen molar-refractivity contribution in [3.63, 3.8) is 0 Å². The predicted molar refractivity (Wildman–Crippen MR) is 85.9 cm³/mol. The molecule has 2 aromatic carbocycles. The van der Waals surface area contributed by atoms with Crippen molar-refractivity contribution in [1.82, 2.24) is 0 Å². The molecule has 0 saturated carbocycles. The first-order valence-corrected chi connectivity index (χ1v) is 7.97. The van der Waals surface area contributed by atoms with E-state index in [9.17, 15) is 4.79 Å². The first-order chi connectivity index (χ1) is 9.54. The molecule has 0 spiro atoms. The molecule has 0 atom stereocenters. The van der Waals surface area contributed by atoms with Gasteiger partial charge in [-0.25, -0.2) is 0 Å². The summed E-state index contributed by atoms with van der Waals surface area (Å²) in [7, 11) is 0. The van der Waals surface area contributed by atoms with Crippen LogP contribution in [-0.2, 0) is 6.42 Å². The van der Waals surface area contributed by atoms with Crippen molar-refractivity contribution in [2.24, 2.45) is 0 Å². The second-order valence-corrected chi connectivity index (χ2v) is 6.80. The molecule has 0 unspecified atom stereocenters. The molecule has 102 valence electrons. The van der Waals surface area contributed by atoms with Crippen LogP contribution in [0.3, 0.4) is 0 Å². The molecular formula is C15H9Br2ClO2. The van der Waals surface area contributed by atoms with Gasteiger partial charge in [0.1, 0.15) is 5.75 Å². The third kappa shape index (κ3) is 2.65. The molecule has 0 bridgehead atoms. The van der Waals surface area contributed by atoms with E-state index in [1.165, 1.54) is 0 Å². The van der Waals surface area contributed by atoms with Crippen LogP contribution in [-0.4, -0.2) is 12.4 Å². The number of carbonyl (C=O) groups is 1. The molecule has 1 aliphatic rings. The summed E-state index contributed by atoms with van der Waals surface area (Å²) < 4.78 is 7.26. The molecule has 0 N–H and O–H groups in total. The van der Waals surface area contributed by atoms with Crippen molar-refractivity contribution < 1.29 is 9.53 Å². The lowest BCUT2D eigenvalue weighted by molar-refractivity contribution is 0.103. The fraction of sp³-hybridized carbons (Fsp3) is 0.133. The van der Waals surface area contributed by atoms with Crippen molar-refractivity contribution in [1.29, 1.82) is 0 Å². The Morgan fingerprint density at radius 3 is 2.60 bits per heavy atom. The van der Waals surface area contributed by atoms with E-state index >= 15 is 0 Å².